The van der Waals surface area contributed by atoms with Gasteiger partial charge in [0.1, 0.15) is 0 Å². The van der Waals surface area contributed by atoms with E-state index in [4.69, 9.17) is 11.6 Å². The summed E-state index contributed by atoms with van der Waals surface area (Å²) in [7, 11) is 0. The highest BCUT2D eigenvalue weighted by Gasteiger charge is 2.35. The van der Waals surface area contributed by atoms with Crippen molar-refractivity contribution in [1.29, 1.82) is 0 Å². The fourth-order valence-corrected chi connectivity index (χ4v) is 4.04. The van der Waals surface area contributed by atoms with E-state index < -0.39 is 0 Å². The third kappa shape index (κ3) is 2.90. The van der Waals surface area contributed by atoms with Gasteiger partial charge in [-0.05, 0) is 36.5 Å². The Hall–Kier alpha value is 0.290. The standard InChI is InChI=1S/C14H25Cl/c1-12-4-6-13(7-5-12)10-14(11-15)8-2-3-9-14/h12-13H,2-11H2,1H3. The van der Waals surface area contributed by atoms with E-state index in [1.165, 1.54) is 57.8 Å². The van der Waals surface area contributed by atoms with E-state index in [1.807, 2.05) is 0 Å². The molecule has 0 heterocycles. The molecule has 0 unspecified atom stereocenters. The highest BCUT2D eigenvalue weighted by Crippen LogP contribution is 2.46. The summed E-state index contributed by atoms with van der Waals surface area (Å²) < 4.78 is 0. The summed E-state index contributed by atoms with van der Waals surface area (Å²) in [6.07, 6.45) is 13.0. The van der Waals surface area contributed by atoms with Crippen LogP contribution in [0.4, 0.5) is 0 Å². The molecular weight excluding hydrogens is 204 g/mol. The number of hydrogen-bond donors (Lipinski definition) is 0. The van der Waals surface area contributed by atoms with E-state index >= 15 is 0 Å². The second-order valence-electron chi connectivity index (χ2n) is 6.17. The topological polar surface area (TPSA) is 0 Å². The molecule has 0 atom stereocenters. The maximum atomic E-state index is 6.21. The molecule has 0 aromatic heterocycles. The first kappa shape index (κ1) is 11.8. The molecule has 0 aliphatic heterocycles. The quantitative estimate of drug-likeness (QED) is 0.597. The minimum Gasteiger partial charge on any atom is -0.126 e. The highest BCUT2D eigenvalue weighted by molar-refractivity contribution is 6.18. The van der Waals surface area contributed by atoms with Gasteiger partial charge in [-0.15, -0.1) is 11.6 Å². The van der Waals surface area contributed by atoms with Gasteiger partial charge in [0.25, 0.3) is 0 Å². The number of rotatable bonds is 3. The van der Waals surface area contributed by atoms with Crippen LogP contribution in [0.25, 0.3) is 0 Å². The van der Waals surface area contributed by atoms with E-state index in [-0.39, 0.29) is 0 Å². The largest absolute Gasteiger partial charge is 0.126 e. The summed E-state index contributed by atoms with van der Waals surface area (Å²) >= 11 is 6.21. The maximum Gasteiger partial charge on any atom is 0.0280 e. The van der Waals surface area contributed by atoms with E-state index in [9.17, 15) is 0 Å². The molecule has 0 saturated heterocycles. The van der Waals surface area contributed by atoms with Crippen molar-refractivity contribution in [2.45, 2.75) is 64.7 Å². The highest BCUT2D eigenvalue weighted by atomic mass is 35.5. The van der Waals surface area contributed by atoms with Crippen LogP contribution >= 0.6 is 11.6 Å². The SMILES string of the molecule is CC1CCC(CC2(CCl)CCCC2)CC1. The van der Waals surface area contributed by atoms with Gasteiger partial charge in [0.05, 0.1) is 0 Å². The van der Waals surface area contributed by atoms with Crippen molar-refractivity contribution in [3.63, 3.8) is 0 Å². The van der Waals surface area contributed by atoms with Crippen LogP contribution in [0.5, 0.6) is 0 Å². The first-order valence-electron chi connectivity index (χ1n) is 6.80. The Morgan fingerprint density at radius 1 is 1.07 bits per heavy atom. The van der Waals surface area contributed by atoms with Crippen LogP contribution in [-0.2, 0) is 0 Å². The number of alkyl halides is 1. The van der Waals surface area contributed by atoms with Crippen LogP contribution in [0.3, 0.4) is 0 Å². The van der Waals surface area contributed by atoms with Crippen LogP contribution in [-0.4, -0.2) is 5.88 Å². The molecule has 2 aliphatic rings. The van der Waals surface area contributed by atoms with E-state index in [1.54, 1.807) is 0 Å². The third-order valence-electron chi connectivity index (χ3n) is 4.80. The van der Waals surface area contributed by atoms with Gasteiger partial charge in [-0.2, -0.15) is 0 Å². The molecule has 1 heteroatoms. The predicted octanol–water partition coefficient (Wildman–Crippen LogP) is 5.00. The molecule has 0 nitrogen and oxygen atoms in total. The van der Waals surface area contributed by atoms with Crippen molar-refractivity contribution >= 4 is 11.6 Å². The normalized spacial score (nSPS) is 35.6. The molecule has 0 aromatic rings. The first-order chi connectivity index (χ1) is 7.24. The van der Waals surface area contributed by atoms with Crippen LogP contribution < -0.4 is 0 Å². The summed E-state index contributed by atoms with van der Waals surface area (Å²) in [5.41, 5.74) is 0.548. The molecule has 2 aliphatic carbocycles. The van der Waals surface area contributed by atoms with Crippen LogP contribution in [0.2, 0.25) is 0 Å². The van der Waals surface area contributed by atoms with Gasteiger partial charge in [-0.1, -0.05) is 45.4 Å². The Labute approximate surface area is 99.8 Å². The average molecular weight is 229 g/mol. The zero-order valence-electron chi connectivity index (χ0n) is 10.1. The fourth-order valence-electron chi connectivity index (χ4n) is 3.66. The van der Waals surface area contributed by atoms with Gasteiger partial charge in [-0.3, -0.25) is 0 Å². The zero-order chi connectivity index (χ0) is 10.7. The lowest BCUT2D eigenvalue weighted by Crippen LogP contribution is -2.25. The van der Waals surface area contributed by atoms with Crippen molar-refractivity contribution in [2.24, 2.45) is 17.3 Å². The van der Waals surface area contributed by atoms with Crippen molar-refractivity contribution in [3.8, 4) is 0 Å². The molecule has 15 heavy (non-hydrogen) atoms. The molecule has 2 rings (SSSR count). The van der Waals surface area contributed by atoms with Crippen LogP contribution in [0.1, 0.15) is 64.7 Å². The molecule has 0 spiro atoms. The Balaban J connectivity index is 1.84. The number of halogens is 1. The average Bonchev–Trinajstić information content (AvgIpc) is 2.71. The Kier molecular flexibility index (Phi) is 3.98. The summed E-state index contributed by atoms with van der Waals surface area (Å²) in [6.45, 7) is 2.41. The van der Waals surface area contributed by atoms with Gasteiger partial charge in [0.2, 0.25) is 0 Å². The van der Waals surface area contributed by atoms with Gasteiger partial charge in [-0.25, -0.2) is 0 Å². The van der Waals surface area contributed by atoms with E-state index in [0.717, 1.165) is 17.7 Å². The summed E-state index contributed by atoms with van der Waals surface area (Å²) in [4.78, 5) is 0. The monoisotopic (exact) mass is 228 g/mol. The molecule has 2 saturated carbocycles. The molecule has 0 radical (unpaired) electrons. The van der Waals surface area contributed by atoms with Crippen molar-refractivity contribution in [2.75, 3.05) is 5.88 Å². The van der Waals surface area contributed by atoms with E-state index in [0.29, 0.717) is 5.41 Å². The zero-order valence-corrected chi connectivity index (χ0v) is 10.9. The first-order valence-corrected chi connectivity index (χ1v) is 7.33. The Bertz CT molecular complexity index is 186. The second kappa shape index (κ2) is 5.08. The van der Waals surface area contributed by atoms with E-state index in [2.05, 4.69) is 6.92 Å². The van der Waals surface area contributed by atoms with Crippen molar-refractivity contribution < 1.29 is 0 Å². The lowest BCUT2D eigenvalue weighted by molar-refractivity contribution is 0.190. The third-order valence-corrected chi connectivity index (χ3v) is 5.37. The molecule has 0 aromatic carbocycles. The smallest absolute Gasteiger partial charge is 0.0280 e. The number of hydrogen-bond acceptors (Lipinski definition) is 0. The summed E-state index contributed by atoms with van der Waals surface area (Å²) in [5, 5.41) is 0. The van der Waals surface area contributed by atoms with Gasteiger partial charge < -0.3 is 0 Å². The molecule has 0 amide bonds. The van der Waals surface area contributed by atoms with Gasteiger partial charge in [0, 0.05) is 5.88 Å². The fraction of sp³-hybridized carbons (Fsp3) is 1.00. The van der Waals surface area contributed by atoms with Gasteiger partial charge >= 0.3 is 0 Å². The maximum absolute atomic E-state index is 6.21. The van der Waals surface area contributed by atoms with Crippen LogP contribution in [0, 0.1) is 17.3 Å². The second-order valence-corrected chi connectivity index (χ2v) is 6.44. The molecule has 0 bridgehead atoms. The van der Waals surface area contributed by atoms with Crippen molar-refractivity contribution in [1.82, 2.24) is 0 Å². The summed E-state index contributed by atoms with van der Waals surface area (Å²) in [6, 6.07) is 0. The van der Waals surface area contributed by atoms with Crippen molar-refractivity contribution in [3.05, 3.63) is 0 Å². The molecule has 88 valence electrons. The minimum atomic E-state index is 0.548. The predicted molar refractivity (Wildman–Crippen MR) is 67.4 cm³/mol. The summed E-state index contributed by atoms with van der Waals surface area (Å²) in [5.74, 6) is 2.90. The minimum absolute atomic E-state index is 0.548. The Morgan fingerprint density at radius 2 is 1.67 bits per heavy atom. The van der Waals surface area contributed by atoms with Gasteiger partial charge in [0.15, 0.2) is 0 Å². The molecular formula is C14H25Cl. The lowest BCUT2D eigenvalue weighted by Gasteiger charge is -2.34. The lowest BCUT2D eigenvalue weighted by atomic mass is 9.72. The molecule has 0 N–H and O–H groups in total. The van der Waals surface area contributed by atoms with Crippen LogP contribution in [0.15, 0.2) is 0 Å². The molecule has 2 fully saturated rings. The Morgan fingerprint density at radius 3 is 2.20 bits per heavy atom.